The molecule has 4 rings (SSSR count). The molecule has 2 aliphatic rings. The third-order valence-corrected chi connectivity index (χ3v) is 6.66. The van der Waals surface area contributed by atoms with Gasteiger partial charge in [-0.3, -0.25) is 9.59 Å². The molecule has 2 saturated carbocycles. The zero-order chi connectivity index (χ0) is 18.3. The first-order valence-corrected chi connectivity index (χ1v) is 10.1. The summed E-state index contributed by atoms with van der Waals surface area (Å²) >= 11 is 1.41. The molecule has 2 amide bonds. The molecule has 7 heteroatoms. The Morgan fingerprint density at radius 1 is 1.19 bits per heavy atom. The number of hydrogen-bond donors (Lipinski definition) is 3. The Morgan fingerprint density at radius 3 is 2.62 bits per heavy atom. The average molecular weight is 372 g/mol. The van der Waals surface area contributed by atoms with Gasteiger partial charge in [-0.25, -0.2) is 4.98 Å². The van der Waals surface area contributed by atoms with Crippen LogP contribution in [0.3, 0.4) is 0 Å². The number of nitrogens with two attached hydrogens (primary N) is 1. The molecule has 1 aromatic carbocycles. The molecule has 2 bridgehead atoms. The van der Waals surface area contributed by atoms with Crippen LogP contribution < -0.4 is 16.4 Å². The maximum atomic E-state index is 12.8. The maximum Gasteiger partial charge on any atom is 0.227 e. The molecule has 1 aromatic heterocycles. The molecule has 0 aliphatic heterocycles. The molecule has 2 aliphatic carbocycles. The largest absolute Gasteiger partial charge is 0.327 e. The van der Waals surface area contributed by atoms with Gasteiger partial charge in [-0.05, 0) is 55.7 Å². The third kappa shape index (κ3) is 3.46. The summed E-state index contributed by atoms with van der Waals surface area (Å²) in [6.45, 7) is 1.46. The quantitative estimate of drug-likeness (QED) is 0.770. The summed E-state index contributed by atoms with van der Waals surface area (Å²) in [6.07, 6.45) is 5.36. The molecule has 0 spiro atoms. The number of carbonyl (C=O) groups excluding carboxylic acids is 2. The van der Waals surface area contributed by atoms with Crippen molar-refractivity contribution in [3.63, 3.8) is 0 Å². The van der Waals surface area contributed by atoms with Crippen LogP contribution in [0, 0.1) is 17.8 Å². The fraction of sp³-hybridized carbons (Fsp3) is 0.526. The maximum absolute atomic E-state index is 12.8. The van der Waals surface area contributed by atoms with Gasteiger partial charge in [0, 0.05) is 24.6 Å². The highest BCUT2D eigenvalue weighted by Crippen LogP contribution is 2.42. The van der Waals surface area contributed by atoms with E-state index in [-0.39, 0.29) is 23.8 Å². The van der Waals surface area contributed by atoms with Gasteiger partial charge in [-0.15, -0.1) is 0 Å². The van der Waals surface area contributed by atoms with Crippen LogP contribution in [-0.4, -0.2) is 22.8 Å². The number of benzene rings is 1. The predicted octanol–water partition coefficient (Wildman–Crippen LogP) is 3.35. The van der Waals surface area contributed by atoms with Gasteiger partial charge < -0.3 is 16.4 Å². The molecule has 0 saturated heterocycles. The van der Waals surface area contributed by atoms with Crippen LogP contribution in [0.5, 0.6) is 0 Å². The first-order chi connectivity index (χ1) is 12.5. The lowest BCUT2D eigenvalue weighted by molar-refractivity contribution is -0.122. The number of hydrogen-bond acceptors (Lipinski definition) is 5. The van der Waals surface area contributed by atoms with Crippen molar-refractivity contribution in [1.82, 2.24) is 4.98 Å². The van der Waals surface area contributed by atoms with Gasteiger partial charge in [-0.2, -0.15) is 0 Å². The van der Waals surface area contributed by atoms with E-state index in [4.69, 9.17) is 5.73 Å². The lowest BCUT2D eigenvalue weighted by Gasteiger charge is -2.43. The molecular weight excluding hydrogens is 348 g/mol. The van der Waals surface area contributed by atoms with Gasteiger partial charge >= 0.3 is 0 Å². The number of rotatable bonds is 3. The Morgan fingerprint density at radius 2 is 1.92 bits per heavy atom. The van der Waals surface area contributed by atoms with Crippen molar-refractivity contribution in [3.05, 3.63) is 18.2 Å². The van der Waals surface area contributed by atoms with Crippen LogP contribution in [-0.2, 0) is 9.59 Å². The Balaban J connectivity index is 1.46. The van der Waals surface area contributed by atoms with Gasteiger partial charge in [-0.1, -0.05) is 17.8 Å². The van der Waals surface area contributed by atoms with Crippen molar-refractivity contribution in [2.75, 3.05) is 10.6 Å². The SMILES string of the molecule is CC(=O)Nc1nc2ccc(NC(=O)C3CC4CCCC(C3)C4N)cc2s1. The summed E-state index contributed by atoms with van der Waals surface area (Å²) in [5.74, 6) is 0.987. The zero-order valence-corrected chi connectivity index (χ0v) is 15.6. The van der Waals surface area contributed by atoms with E-state index in [0.717, 1.165) is 41.6 Å². The normalized spacial score (nSPS) is 27.9. The summed E-state index contributed by atoms with van der Waals surface area (Å²) in [5.41, 5.74) is 7.92. The number of carbonyl (C=O) groups is 2. The molecule has 2 aromatic rings. The number of nitrogens with one attached hydrogen (secondary N) is 2. The van der Waals surface area contributed by atoms with Gasteiger partial charge in [0.05, 0.1) is 10.2 Å². The van der Waals surface area contributed by atoms with Crippen molar-refractivity contribution >= 4 is 44.2 Å². The Kier molecular flexibility index (Phi) is 4.67. The topological polar surface area (TPSA) is 97.1 Å². The minimum atomic E-state index is -0.140. The van der Waals surface area contributed by atoms with Gasteiger partial charge in [0.2, 0.25) is 11.8 Å². The van der Waals surface area contributed by atoms with Gasteiger partial charge in [0.1, 0.15) is 0 Å². The predicted molar refractivity (Wildman–Crippen MR) is 104 cm³/mol. The fourth-order valence-corrected chi connectivity index (χ4v) is 5.41. The zero-order valence-electron chi connectivity index (χ0n) is 14.8. The minimum absolute atomic E-state index is 0.0530. The number of anilines is 2. The molecule has 138 valence electrons. The van der Waals surface area contributed by atoms with E-state index in [1.165, 1.54) is 24.7 Å². The molecule has 2 unspecified atom stereocenters. The second-order valence-electron chi connectivity index (χ2n) is 7.57. The number of nitrogens with zero attached hydrogens (tertiary/aromatic N) is 1. The van der Waals surface area contributed by atoms with Crippen LogP contribution in [0.2, 0.25) is 0 Å². The molecule has 4 N–H and O–H groups in total. The fourth-order valence-electron chi connectivity index (χ4n) is 4.45. The summed E-state index contributed by atoms with van der Waals surface area (Å²) in [4.78, 5) is 28.3. The molecule has 26 heavy (non-hydrogen) atoms. The number of fused-ring (bicyclic) bond motifs is 3. The van der Waals surface area contributed by atoms with E-state index in [1.54, 1.807) is 0 Å². The molecule has 6 nitrogen and oxygen atoms in total. The first-order valence-electron chi connectivity index (χ1n) is 9.24. The average Bonchev–Trinajstić information content (AvgIpc) is 2.95. The summed E-state index contributed by atoms with van der Waals surface area (Å²) in [7, 11) is 0. The van der Waals surface area contributed by atoms with Crippen LogP contribution in [0.15, 0.2) is 18.2 Å². The standard InChI is InChI=1S/C19H24N4O2S/c1-10(24)21-19-23-15-6-5-14(9-16(15)26-19)22-18(25)13-7-11-3-2-4-12(8-13)17(11)20/h5-6,9,11-13,17H,2-4,7-8,20H2,1H3,(H,22,25)(H,21,23,24). The Bertz CT molecular complexity index is 835. The second-order valence-corrected chi connectivity index (χ2v) is 8.60. The minimum Gasteiger partial charge on any atom is -0.327 e. The van der Waals surface area contributed by atoms with E-state index in [2.05, 4.69) is 15.6 Å². The van der Waals surface area contributed by atoms with Crippen LogP contribution in [0.25, 0.3) is 10.2 Å². The molecular formula is C19H24N4O2S. The van der Waals surface area contributed by atoms with E-state index < -0.39 is 0 Å². The number of thiazole rings is 1. The Hall–Kier alpha value is -1.99. The summed E-state index contributed by atoms with van der Waals surface area (Å²) < 4.78 is 0.939. The van der Waals surface area contributed by atoms with E-state index in [0.29, 0.717) is 17.0 Å². The van der Waals surface area contributed by atoms with Crippen molar-refractivity contribution in [2.45, 2.75) is 45.1 Å². The van der Waals surface area contributed by atoms with Crippen molar-refractivity contribution < 1.29 is 9.59 Å². The summed E-state index contributed by atoms with van der Waals surface area (Å²) in [6, 6.07) is 5.94. The Labute approximate surface area is 156 Å². The van der Waals surface area contributed by atoms with E-state index in [1.807, 2.05) is 18.2 Å². The van der Waals surface area contributed by atoms with Gasteiger partial charge in [0.15, 0.2) is 5.13 Å². The van der Waals surface area contributed by atoms with E-state index in [9.17, 15) is 9.59 Å². The number of amides is 2. The van der Waals surface area contributed by atoms with E-state index >= 15 is 0 Å². The first kappa shape index (κ1) is 17.4. The highest BCUT2D eigenvalue weighted by atomic mass is 32.1. The molecule has 2 atom stereocenters. The smallest absolute Gasteiger partial charge is 0.227 e. The van der Waals surface area contributed by atoms with Gasteiger partial charge in [0.25, 0.3) is 0 Å². The third-order valence-electron chi connectivity index (χ3n) is 5.72. The van der Waals surface area contributed by atoms with Crippen molar-refractivity contribution in [1.29, 1.82) is 0 Å². The van der Waals surface area contributed by atoms with Crippen molar-refractivity contribution in [3.8, 4) is 0 Å². The van der Waals surface area contributed by atoms with Crippen LogP contribution in [0.1, 0.15) is 39.0 Å². The lowest BCUT2D eigenvalue weighted by atomic mass is 9.65. The monoisotopic (exact) mass is 372 g/mol. The molecule has 1 heterocycles. The highest BCUT2D eigenvalue weighted by Gasteiger charge is 2.40. The van der Waals surface area contributed by atoms with Crippen LogP contribution >= 0.6 is 11.3 Å². The van der Waals surface area contributed by atoms with Crippen molar-refractivity contribution in [2.24, 2.45) is 23.5 Å². The molecule has 0 radical (unpaired) electrons. The van der Waals surface area contributed by atoms with Crippen LogP contribution in [0.4, 0.5) is 10.8 Å². The number of aromatic nitrogens is 1. The summed E-state index contributed by atoms with van der Waals surface area (Å²) in [5, 5.41) is 6.35. The lowest BCUT2D eigenvalue weighted by Crippen LogP contribution is -2.48. The highest BCUT2D eigenvalue weighted by molar-refractivity contribution is 7.22. The second kappa shape index (κ2) is 6.96. The molecule has 2 fully saturated rings.